The van der Waals surface area contributed by atoms with Crippen molar-refractivity contribution in [3.63, 3.8) is 0 Å². The first-order chi connectivity index (χ1) is 14.7. The second-order valence-corrected chi connectivity index (χ2v) is 6.93. The van der Waals surface area contributed by atoms with E-state index in [-0.39, 0.29) is 11.9 Å². The molecule has 1 atom stereocenters. The van der Waals surface area contributed by atoms with Gasteiger partial charge < -0.3 is 25.0 Å². The minimum atomic E-state index is -0.291. The smallest absolute Gasteiger partial charge is 0.213 e. The van der Waals surface area contributed by atoms with Gasteiger partial charge in [-0.1, -0.05) is 6.07 Å². The zero-order valence-corrected chi connectivity index (χ0v) is 17.5. The number of aliphatic imine (C=N–C) groups is 1. The van der Waals surface area contributed by atoms with Crippen LogP contribution in [-0.4, -0.2) is 61.9 Å². The van der Waals surface area contributed by atoms with Crippen LogP contribution in [0.5, 0.6) is 5.88 Å². The third-order valence-corrected chi connectivity index (χ3v) is 4.67. The summed E-state index contributed by atoms with van der Waals surface area (Å²) >= 11 is 0. The van der Waals surface area contributed by atoms with Crippen LogP contribution in [0.1, 0.15) is 18.9 Å². The average molecular weight is 417 g/mol. The molecule has 30 heavy (non-hydrogen) atoms. The zero-order chi connectivity index (χ0) is 21.2. The Morgan fingerprint density at radius 1 is 1.30 bits per heavy atom. The van der Waals surface area contributed by atoms with E-state index < -0.39 is 0 Å². The molecule has 2 aromatic rings. The lowest BCUT2D eigenvalue weighted by atomic mass is 10.2. The fourth-order valence-electron chi connectivity index (χ4n) is 3.18. The third kappa shape index (κ3) is 6.28. The number of guanidine groups is 1. The van der Waals surface area contributed by atoms with Crippen molar-refractivity contribution in [1.29, 1.82) is 0 Å². The number of pyridine rings is 2. The molecule has 0 radical (unpaired) electrons. The van der Waals surface area contributed by atoms with E-state index in [0.29, 0.717) is 38.0 Å². The van der Waals surface area contributed by atoms with Gasteiger partial charge in [-0.05, 0) is 31.0 Å². The number of nitrogens with one attached hydrogen (secondary N) is 2. The largest absolute Gasteiger partial charge is 0.475 e. The molecular weight excluding hydrogens is 387 g/mol. The standard InChI is InChI=1S/C21H29FN6O2/c1-3-23-21(26-14-16-6-7-19(25-13-16)30-12-11-29-2)27-17-8-10-28(15-17)20-18(22)5-4-9-24-20/h4-7,9,13,17H,3,8,10-12,14-15H2,1-2H3,(H2,23,26,27). The molecule has 1 saturated heterocycles. The summed E-state index contributed by atoms with van der Waals surface area (Å²) in [6.45, 7) is 5.68. The van der Waals surface area contributed by atoms with Gasteiger partial charge in [0, 0.05) is 51.2 Å². The number of hydrogen-bond acceptors (Lipinski definition) is 6. The molecule has 1 aliphatic heterocycles. The summed E-state index contributed by atoms with van der Waals surface area (Å²) in [6.07, 6.45) is 4.26. The van der Waals surface area contributed by atoms with Gasteiger partial charge in [-0.15, -0.1) is 0 Å². The van der Waals surface area contributed by atoms with Crippen molar-refractivity contribution in [3.8, 4) is 5.88 Å². The van der Waals surface area contributed by atoms with E-state index in [1.54, 1.807) is 25.6 Å². The molecule has 1 aliphatic rings. The van der Waals surface area contributed by atoms with E-state index in [1.165, 1.54) is 6.07 Å². The SMILES string of the molecule is CCNC(=NCc1ccc(OCCOC)nc1)NC1CCN(c2ncccc2F)C1. The van der Waals surface area contributed by atoms with Crippen molar-refractivity contribution in [2.75, 3.05) is 44.9 Å². The highest BCUT2D eigenvalue weighted by Crippen LogP contribution is 2.20. The molecule has 0 saturated carbocycles. The molecule has 0 aromatic carbocycles. The van der Waals surface area contributed by atoms with E-state index in [0.717, 1.165) is 31.0 Å². The van der Waals surface area contributed by atoms with E-state index in [2.05, 4.69) is 25.6 Å². The first-order valence-corrected chi connectivity index (χ1v) is 10.2. The molecule has 0 amide bonds. The van der Waals surface area contributed by atoms with Crippen LogP contribution in [0, 0.1) is 5.82 Å². The second-order valence-electron chi connectivity index (χ2n) is 6.93. The van der Waals surface area contributed by atoms with Crippen LogP contribution >= 0.6 is 0 Å². The van der Waals surface area contributed by atoms with Gasteiger partial charge in [-0.3, -0.25) is 0 Å². The lowest BCUT2D eigenvalue weighted by Crippen LogP contribution is -2.44. The lowest BCUT2D eigenvalue weighted by molar-refractivity contribution is 0.143. The molecule has 162 valence electrons. The Morgan fingerprint density at radius 2 is 2.20 bits per heavy atom. The fraction of sp³-hybridized carbons (Fsp3) is 0.476. The van der Waals surface area contributed by atoms with Crippen LogP contribution in [0.4, 0.5) is 10.2 Å². The van der Waals surface area contributed by atoms with Crippen LogP contribution in [0.3, 0.4) is 0 Å². The summed E-state index contributed by atoms with van der Waals surface area (Å²) < 4.78 is 24.4. The monoisotopic (exact) mass is 416 g/mol. The van der Waals surface area contributed by atoms with Crippen LogP contribution in [-0.2, 0) is 11.3 Å². The van der Waals surface area contributed by atoms with Gasteiger partial charge >= 0.3 is 0 Å². The number of anilines is 1. The van der Waals surface area contributed by atoms with E-state index >= 15 is 0 Å². The molecule has 2 aromatic heterocycles. The second kappa shape index (κ2) is 11.3. The molecule has 1 fully saturated rings. The molecule has 1 unspecified atom stereocenters. The Balaban J connectivity index is 1.54. The highest BCUT2D eigenvalue weighted by atomic mass is 19.1. The first kappa shape index (κ1) is 21.8. The highest BCUT2D eigenvalue weighted by molar-refractivity contribution is 5.80. The average Bonchev–Trinajstić information content (AvgIpc) is 3.22. The normalized spacial score (nSPS) is 16.6. The van der Waals surface area contributed by atoms with E-state index in [1.807, 2.05) is 24.0 Å². The van der Waals surface area contributed by atoms with Crippen molar-refractivity contribution in [2.24, 2.45) is 4.99 Å². The van der Waals surface area contributed by atoms with Gasteiger partial charge in [0.1, 0.15) is 6.61 Å². The summed E-state index contributed by atoms with van der Waals surface area (Å²) in [5, 5.41) is 6.70. The van der Waals surface area contributed by atoms with Crippen LogP contribution in [0.25, 0.3) is 0 Å². The number of ether oxygens (including phenoxy) is 2. The van der Waals surface area contributed by atoms with Gasteiger partial charge in [0.05, 0.1) is 13.2 Å². The van der Waals surface area contributed by atoms with Gasteiger partial charge in [-0.25, -0.2) is 19.4 Å². The minimum absolute atomic E-state index is 0.166. The first-order valence-electron chi connectivity index (χ1n) is 10.2. The molecule has 0 bridgehead atoms. The quantitative estimate of drug-likeness (QED) is 0.367. The van der Waals surface area contributed by atoms with Crippen LogP contribution < -0.4 is 20.3 Å². The topological polar surface area (TPSA) is 83.9 Å². The van der Waals surface area contributed by atoms with Crippen molar-refractivity contribution in [2.45, 2.75) is 25.9 Å². The molecular formula is C21H29FN6O2. The van der Waals surface area contributed by atoms with Gasteiger partial charge in [-0.2, -0.15) is 0 Å². The number of halogens is 1. The molecule has 0 aliphatic carbocycles. The molecule has 0 spiro atoms. The molecule has 9 heteroatoms. The number of rotatable bonds is 9. The summed E-state index contributed by atoms with van der Waals surface area (Å²) in [5.41, 5.74) is 0.981. The van der Waals surface area contributed by atoms with Crippen molar-refractivity contribution >= 4 is 11.8 Å². The van der Waals surface area contributed by atoms with Crippen molar-refractivity contribution in [3.05, 3.63) is 48.0 Å². The Labute approximate surface area is 176 Å². The Bertz CT molecular complexity index is 817. The summed E-state index contributed by atoms with van der Waals surface area (Å²) in [5.74, 6) is 1.41. The Kier molecular flexibility index (Phi) is 8.20. The summed E-state index contributed by atoms with van der Waals surface area (Å²) in [7, 11) is 1.63. The van der Waals surface area contributed by atoms with E-state index in [4.69, 9.17) is 9.47 Å². The summed E-state index contributed by atoms with van der Waals surface area (Å²) in [6, 6.07) is 6.99. The molecule has 3 rings (SSSR count). The van der Waals surface area contributed by atoms with Gasteiger partial charge in [0.15, 0.2) is 17.6 Å². The predicted molar refractivity (Wildman–Crippen MR) is 114 cm³/mol. The molecule has 8 nitrogen and oxygen atoms in total. The maximum absolute atomic E-state index is 14.0. The highest BCUT2D eigenvalue weighted by Gasteiger charge is 2.25. The number of aromatic nitrogens is 2. The van der Waals surface area contributed by atoms with Crippen LogP contribution in [0.2, 0.25) is 0 Å². The minimum Gasteiger partial charge on any atom is -0.475 e. The van der Waals surface area contributed by atoms with Crippen molar-refractivity contribution < 1.29 is 13.9 Å². The fourth-order valence-corrected chi connectivity index (χ4v) is 3.18. The zero-order valence-electron chi connectivity index (χ0n) is 17.5. The maximum atomic E-state index is 14.0. The van der Waals surface area contributed by atoms with Crippen molar-refractivity contribution in [1.82, 2.24) is 20.6 Å². The predicted octanol–water partition coefficient (Wildman–Crippen LogP) is 1.97. The van der Waals surface area contributed by atoms with Gasteiger partial charge in [0.25, 0.3) is 0 Å². The number of methoxy groups -OCH3 is 1. The molecule has 3 heterocycles. The van der Waals surface area contributed by atoms with Crippen LogP contribution in [0.15, 0.2) is 41.7 Å². The van der Waals surface area contributed by atoms with Gasteiger partial charge in [0.2, 0.25) is 5.88 Å². The maximum Gasteiger partial charge on any atom is 0.213 e. The third-order valence-electron chi connectivity index (χ3n) is 4.67. The Hall–Kier alpha value is -2.94. The lowest BCUT2D eigenvalue weighted by Gasteiger charge is -2.20. The van der Waals surface area contributed by atoms with E-state index in [9.17, 15) is 4.39 Å². The Morgan fingerprint density at radius 3 is 2.93 bits per heavy atom. The number of nitrogens with zero attached hydrogens (tertiary/aromatic N) is 4. The number of hydrogen-bond donors (Lipinski definition) is 2. The summed E-state index contributed by atoms with van der Waals surface area (Å²) in [4.78, 5) is 15.1. The molecule has 2 N–H and O–H groups in total.